The van der Waals surface area contributed by atoms with Crippen LogP contribution in [0, 0.1) is 0 Å². The summed E-state index contributed by atoms with van der Waals surface area (Å²) in [7, 11) is 0. The quantitative estimate of drug-likeness (QED) is 0.0538. The van der Waals surface area contributed by atoms with Gasteiger partial charge in [0.1, 0.15) is 159 Å². The molecule has 0 radical (unpaired) electrons. The van der Waals surface area contributed by atoms with E-state index < -0.39 is 266 Å². The maximum absolute atomic E-state index is 12.9. The molecule has 1 unspecified atom stereocenters. The van der Waals surface area contributed by atoms with Crippen LogP contribution in [0.4, 0.5) is 0 Å². The van der Waals surface area contributed by atoms with Gasteiger partial charge < -0.3 is 169 Å². The fourth-order valence-electron chi connectivity index (χ4n) is 11.0. The Morgan fingerprint density at radius 3 is 1.22 bits per heavy atom. The molecule has 492 valence electrons. The molecule has 0 saturated carbocycles. The molecule has 7 heterocycles. The molecule has 7 rings (SSSR count). The van der Waals surface area contributed by atoms with Gasteiger partial charge in [-0.2, -0.15) is 0 Å². The Morgan fingerprint density at radius 2 is 0.718 bits per heavy atom. The van der Waals surface area contributed by atoms with E-state index in [0.29, 0.717) is 0 Å². The molecule has 3 amide bonds. The first-order valence-electron chi connectivity index (χ1n) is 27.3. The second kappa shape index (κ2) is 29.9. The topological polar surface area (TPSA) is 571 Å². The molecule has 7 aliphatic rings. The highest BCUT2D eigenvalue weighted by Gasteiger charge is 2.59. The van der Waals surface area contributed by atoms with Gasteiger partial charge in [0.15, 0.2) is 44.0 Å². The Balaban J connectivity index is 1.15. The van der Waals surface area contributed by atoms with Crippen LogP contribution in [0.1, 0.15) is 34.6 Å². The molecule has 0 spiro atoms. The van der Waals surface area contributed by atoms with Crippen molar-refractivity contribution in [2.75, 3.05) is 33.0 Å². The summed E-state index contributed by atoms with van der Waals surface area (Å²) in [6, 6.07) is -5.18. The maximum atomic E-state index is 12.9. The summed E-state index contributed by atoms with van der Waals surface area (Å²) in [4.78, 5) is 37.7. The fourth-order valence-corrected chi connectivity index (χ4v) is 11.0. The largest absolute Gasteiger partial charge is 0.394 e. The highest BCUT2D eigenvalue weighted by atomic mass is 16.8. The first-order chi connectivity index (χ1) is 40.1. The van der Waals surface area contributed by atoms with Gasteiger partial charge in [0.25, 0.3) is 0 Å². The minimum Gasteiger partial charge on any atom is -0.394 e. The lowest BCUT2D eigenvalue weighted by Gasteiger charge is -2.51. The molecule has 0 aromatic rings. The van der Waals surface area contributed by atoms with Crippen LogP contribution in [0.25, 0.3) is 0 Å². The second-order valence-corrected chi connectivity index (χ2v) is 21.8. The molecular formula is C48H81N3O34. The number of rotatable bonds is 20. The van der Waals surface area contributed by atoms with Crippen LogP contribution >= 0.6 is 0 Å². The molecule has 0 aromatic carbocycles. The van der Waals surface area contributed by atoms with E-state index in [2.05, 4.69) is 16.0 Å². The fraction of sp³-hybridized carbons (Fsp3) is 0.938. The molecule has 0 bridgehead atoms. The Hall–Kier alpha value is -2.83. The first-order valence-corrected chi connectivity index (χ1v) is 27.3. The lowest BCUT2D eigenvalue weighted by atomic mass is 9.94. The predicted molar refractivity (Wildman–Crippen MR) is 264 cm³/mol. The van der Waals surface area contributed by atoms with Crippen molar-refractivity contribution < 1.29 is 168 Å². The molecule has 0 aliphatic carbocycles. The molecule has 37 nitrogen and oxygen atoms in total. The zero-order chi connectivity index (χ0) is 62.8. The van der Waals surface area contributed by atoms with Gasteiger partial charge >= 0.3 is 0 Å². The van der Waals surface area contributed by atoms with Gasteiger partial charge in [-0.3, -0.25) is 14.4 Å². The van der Waals surface area contributed by atoms with Gasteiger partial charge in [0.2, 0.25) is 17.7 Å². The van der Waals surface area contributed by atoms with Crippen molar-refractivity contribution >= 4 is 17.7 Å². The number of hydrogen-bond acceptors (Lipinski definition) is 34. The minimum absolute atomic E-state index is 0.794. The van der Waals surface area contributed by atoms with Crippen molar-refractivity contribution in [2.24, 2.45) is 0 Å². The van der Waals surface area contributed by atoms with Crippen molar-refractivity contribution in [3.8, 4) is 0 Å². The van der Waals surface area contributed by atoms with Crippen LogP contribution in [0.2, 0.25) is 0 Å². The normalized spacial score (nSPS) is 49.8. The SMILES string of the molecule is CC(=O)N[C@H]1[C@H](OC[C@H]2OC(O)[C@H](NC(C)=O)[C@@H](O[C@@H]3O[C@H](CO)[C@H](O)[C@H](O)[C@H]3O[C@@H]3O[C@@H](C)[C@@H](O)[C@@H](O)[C@@H]3O)[C@H]2O)O[C@H](CO)[C@@H](O[C@@H]2O[C@H](CO)[C@H](O)[C@H](O[C@H]3O[C@H](CO)[C@H](O)[C@H](O)[C@H]3NC(C)=O)[C@H]2O[C@@H]2O[C@@H](C)[C@@H](O)[C@@H](O)[C@@H]2O)[C@@H]1O. The number of hydrogen-bond donors (Lipinski definition) is 21. The van der Waals surface area contributed by atoms with E-state index in [0.717, 1.165) is 20.8 Å². The molecule has 7 fully saturated rings. The summed E-state index contributed by atoms with van der Waals surface area (Å²) in [5, 5.41) is 204. The smallest absolute Gasteiger partial charge is 0.217 e. The van der Waals surface area contributed by atoms with Crippen molar-refractivity contribution in [3.05, 3.63) is 0 Å². The average molecular weight is 1240 g/mol. The van der Waals surface area contributed by atoms with Gasteiger partial charge in [0.05, 0.1) is 45.2 Å². The van der Waals surface area contributed by atoms with Gasteiger partial charge in [-0.1, -0.05) is 0 Å². The summed E-state index contributed by atoms with van der Waals surface area (Å²) in [5.74, 6) is -2.47. The minimum atomic E-state index is -2.13. The van der Waals surface area contributed by atoms with Gasteiger partial charge in [0, 0.05) is 20.8 Å². The van der Waals surface area contributed by atoms with Crippen LogP contribution in [-0.4, -0.2) is 357 Å². The Bertz CT molecular complexity index is 2150. The zero-order valence-electron chi connectivity index (χ0n) is 46.3. The van der Waals surface area contributed by atoms with Crippen molar-refractivity contribution in [3.63, 3.8) is 0 Å². The van der Waals surface area contributed by atoms with Crippen molar-refractivity contribution in [1.82, 2.24) is 16.0 Å². The average Bonchev–Trinajstić information content (AvgIpc) is 1.65. The third-order valence-electron chi connectivity index (χ3n) is 15.7. The van der Waals surface area contributed by atoms with Crippen molar-refractivity contribution in [1.29, 1.82) is 0 Å². The van der Waals surface area contributed by atoms with Crippen LogP contribution < -0.4 is 16.0 Å². The molecule has 0 aromatic heterocycles. The van der Waals surface area contributed by atoms with Crippen LogP contribution in [0.15, 0.2) is 0 Å². The summed E-state index contributed by atoms with van der Waals surface area (Å²) in [5.41, 5.74) is 0. The first kappa shape index (κ1) is 69.6. The number of carbonyl (C=O) groups excluding carboxylic acids is 3. The van der Waals surface area contributed by atoms with E-state index in [-0.39, 0.29) is 0 Å². The third kappa shape index (κ3) is 15.3. The van der Waals surface area contributed by atoms with Crippen LogP contribution in [-0.2, 0) is 76.0 Å². The molecule has 85 heavy (non-hydrogen) atoms. The number of carbonyl (C=O) groups is 3. The number of ether oxygens (including phenoxy) is 13. The van der Waals surface area contributed by atoms with Crippen LogP contribution in [0.3, 0.4) is 0 Å². The molecular weight excluding hydrogens is 1160 g/mol. The van der Waals surface area contributed by atoms with E-state index in [1.807, 2.05) is 0 Å². The van der Waals surface area contributed by atoms with Gasteiger partial charge in [-0.15, -0.1) is 0 Å². The highest BCUT2D eigenvalue weighted by Crippen LogP contribution is 2.38. The summed E-state index contributed by atoms with van der Waals surface area (Å²) >= 11 is 0. The molecule has 37 heteroatoms. The zero-order valence-corrected chi connectivity index (χ0v) is 46.3. The standard InChI is InChI=1S/C48H81N3O34/c1-11-24(59)32(67)35(70)45(74-11)84-40-34(69)27(62)17(7-53)78-47(40)82-38-23(51-15(5)58)42(72)76-20(29(38)64)10-73-43-22(50-14(4)57)31(66)37(19(9-55)80-43)81-48-41(85-46-36(71)33(68)25(60)12(2)75-46)39(28(63)18(8-54)79-48)83-44-21(49-13(3)56)30(65)26(61)16(6-52)77-44/h11-12,16-48,52-55,59-72H,6-10H2,1-5H3,(H,49,56)(H,50,57)(H,51,58)/t11-,12-,16+,17+,18+,19+,20+,21+,22+,23+,24+,25+,26-,27-,28-,29-,30+,31+,32+,33+,34-,35-,36-,37+,38+,39-,40+,41+,42?,43+,44+,45-,46-,47-,48-/m0/s1. The number of aliphatic hydroxyl groups is 18. The van der Waals surface area contributed by atoms with Crippen LogP contribution in [0.5, 0.6) is 0 Å². The lowest BCUT2D eigenvalue weighted by molar-refractivity contribution is -0.399. The van der Waals surface area contributed by atoms with E-state index in [1.165, 1.54) is 13.8 Å². The molecule has 7 aliphatic heterocycles. The number of aliphatic hydroxyl groups excluding tert-OH is 18. The van der Waals surface area contributed by atoms with Gasteiger partial charge in [-0.05, 0) is 13.8 Å². The Kier molecular flexibility index (Phi) is 24.5. The molecule has 7 saturated heterocycles. The van der Waals surface area contributed by atoms with E-state index in [4.69, 9.17) is 61.6 Å². The van der Waals surface area contributed by atoms with E-state index in [1.54, 1.807) is 0 Å². The summed E-state index contributed by atoms with van der Waals surface area (Å²) in [6.45, 7) is 0.736. The molecule has 21 N–H and O–H groups in total. The van der Waals surface area contributed by atoms with E-state index >= 15 is 0 Å². The number of nitrogens with one attached hydrogen (secondary N) is 3. The van der Waals surface area contributed by atoms with Crippen molar-refractivity contribution in [2.45, 2.75) is 249 Å². The second-order valence-electron chi connectivity index (χ2n) is 21.8. The van der Waals surface area contributed by atoms with E-state index in [9.17, 15) is 106 Å². The Labute approximate surface area is 483 Å². The monoisotopic (exact) mass is 1240 g/mol. The Morgan fingerprint density at radius 1 is 0.329 bits per heavy atom. The predicted octanol–water partition coefficient (Wildman–Crippen LogP) is -13.8. The third-order valence-corrected chi connectivity index (χ3v) is 15.7. The van der Waals surface area contributed by atoms with Gasteiger partial charge in [-0.25, -0.2) is 0 Å². The summed E-state index contributed by atoms with van der Waals surface area (Å²) in [6.07, 6.45) is -59.8. The lowest BCUT2D eigenvalue weighted by Crippen LogP contribution is -2.70. The molecule has 35 atom stereocenters. The number of amides is 3. The highest BCUT2D eigenvalue weighted by molar-refractivity contribution is 5.74. The summed E-state index contributed by atoms with van der Waals surface area (Å²) < 4.78 is 76.6. The maximum Gasteiger partial charge on any atom is 0.217 e.